The largest absolute Gasteiger partial charge is 0.478 e. The number of benzene rings is 2. The number of hydrogen-bond donors (Lipinski definition) is 2. The number of carboxylic acid groups (broad SMARTS) is 2. The van der Waals surface area contributed by atoms with Gasteiger partial charge < -0.3 is 20.0 Å². The number of nitro groups is 1. The molecule has 2 aromatic carbocycles. The third-order valence-corrected chi connectivity index (χ3v) is 7.65. The lowest BCUT2D eigenvalue weighted by Gasteiger charge is -2.43. The minimum absolute atomic E-state index is 0.0159. The van der Waals surface area contributed by atoms with Gasteiger partial charge in [-0.1, -0.05) is 23.7 Å². The normalized spacial score (nSPS) is 15.5. The van der Waals surface area contributed by atoms with Gasteiger partial charge in [-0.05, 0) is 70.1 Å². The Kier molecular flexibility index (Phi) is 9.19. The summed E-state index contributed by atoms with van der Waals surface area (Å²) in [6.45, 7) is 5.54. The average Bonchev–Trinajstić information content (AvgIpc) is 2.85. The first-order chi connectivity index (χ1) is 19.0. The summed E-state index contributed by atoms with van der Waals surface area (Å²) in [5.74, 6) is -2.80. The van der Waals surface area contributed by atoms with E-state index in [0.29, 0.717) is 25.1 Å². The maximum Gasteiger partial charge on any atom is 0.416 e. The van der Waals surface area contributed by atoms with Crippen LogP contribution in [0.25, 0.3) is 0 Å². The Hall–Kier alpha value is -3.90. The first-order valence-electron chi connectivity index (χ1n) is 12.5. The van der Waals surface area contributed by atoms with E-state index in [0.717, 1.165) is 24.3 Å². The third-order valence-electron chi connectivity index (χ3n) is 7.32. The molecule has 41 heavy (non-hydrogen) atoms. The van der Waals surface area contributed by atoms with Crippen molar-refractivity contribution in [2.24, 2.45) is 0 Å². The second-order valence-electron chi connectivity index (χ2n) is 10.0. The summed E-state index contributed by atoms with van der Waals surface area (Å²) in [7, 11) is 1.78. The maximum atomic E-state index is 12.8. The van der Waals surface area contributed by atoms with E-state index in [-0.39, 0.29) is 45.4 Å². The van der Waals surface area contributed by atoms with Crippen LogP contribution in [0.3, 0.4) is 0 Å². The molecule has 0 radical (unpaired) electrons. The molecule has 220 valence electrons. The molecule has 3 rings (SSSR count). The van der Waals surface area contributed by atoms with Gasteiger partial charge in [0.05, 0.1) is 27.0 Å². The van der Waals surface area contributed by atoms with E-state index in [1.807, 2.05) is 4.90 Å². The third kappa shape index (κ3) is 6.38. The molecule has 0 spiro atoms. The molecule has 2 aromatic rings. The highest BCUT2D eigenvalue weighted by Gasteiger charge is 2.50. The minimum atomic E-state index is -4.42. The molecule has 0 fully saturated rings. The Morgan fingerprint density at radius 3 is 2.05 bits per heavy atom. The standard InChI is InChI=1S/C28H29ClF3N3O6/c1-16-23(25(36)37)27(3,21-14-20(35(40)41)10-11-22(21)29)24(26(38)39)17(2)34(16)13-5-12-33(4)15-18-6-8-19(9-7-18)28(30,31)32/h6-11,14H,5,12-13,15H2,1-4H3,(H,36,37)(H,38,39). The zero-order valence-corrected chi connectivity index (χ0v) is 23.5. The lowest BCUT2D eigenvalue weighted by atomic mass is 9.66. The summed E-state index contributed by atoms with van der Waals surface area (Å²) in [6, 6.07) is 8.34. The zero-order chi connectivity index (χ0) is 30.9. The quantitative estimate of drug-likeness (QED) is 0.250. The molecule has 2 N–H and O–H groups in total. The molecular weight excluding hydrogens is 567 g/mol. The van der Waals surface area contributed by atoms with Gasteiger partial charge in [0, 0.05) is 41.6 Å². The van der Waals surface area contributed by atoms with Crippen molar-refractivity contribution in [1.29, 1.82) is 0 Å². The number of nitro benzene ring substituents is 1. The number of allylic oxidation sites excluding steroid dienone is 2. The number of carbonyl (C=O) groups is 2. The summed E-state index contributed by atoms with van der Waals surface area (Å²) < 4.78 is 38.5. The van der Waals surface area contributed by atoms with E-state index in [9.17, 15) is 43.1 Å². The number of non-ortho nitro benzene ring substituents is 1. The molecule has 0 saturated heterocycles. The topological polar surface area (TPSA) is 124 Å². The van der Waals surface area contributed by atoms with E-state index in [1.54, 1.807) is 25.8 Å². The smallest absolute Gasteiger partial charge is 0.416 e. The van der Waals surface area contributed by atoms with Crippen LogP contribution in [0.1, 0.15) is 43.9 Å². The molecule has 1 aliphatic heterocycles. The van der Waals surface area contributed by atoms with Crippen LogP contribution < -0.4 is 0 Å². The van der Waals surface area contributed by atoms with Crippen LogP contribution in [0.5, 0.6) is 0 Å². The van der Waals surface area contributed by atoms with Gasteiger partial charge >= 0.3 is 18.1 Å². The van der Waals surface area contributed by atoms with Crippen molar-refractivity contribution in [3.8, 4) is 0 Å². The fourth-order valence-electron chi connectivity index (χ4n) is 5.41. The molecule has 0 amide bonds. The van der Waals surface area contributed by atoms with Crippen molar-refractivity contribution < 1.29 is 37.9 Å². The number of aliphatic carboxylic acids is 2. The average molecular weight is 596 g/mol. The van der Waals surface area contributed by atoms with Gasteiger partial charge in [0.2, 0.25) is 0 Å². The van der Waals surface area contributed by atoms with Crippen molar-refractivity contribution >= 4 is 29.2 Å². The second-order valence-corrected chi connectivity index (χ2v) is 10.4. The molecular formula is C28H29ClF3N3O6. The fraction of sp³-hybridized carbons (Fsp3) is 0.357. The van der Waals surface area contributed by atoms with Crippen LogP contribution >= 0.6 is 11.6 Å². The zero-order valence-electron chi connectivity index (χ0n) is 22.8. The van der Waals surface area contributed by atoms with Crippen molar-refractivity contribution in [3.63, 3.8) is 0 Å². The number of hydrogen-bond acceptors (Lipinski definition) is 6. The predicted octanol–water partition coefficient (Wildman–Crippen LogP) is 6.08. The van der Waals surface area contributed by atoms with Gasteiger partial charge in [0.25, 0.3) is 5.69 Å². The molecule has 1 aliphatic rings. The lowest BCUT2D eigenvalue weighted by Crippen LogP contribution is -2.44. The highest BCUT2D eigenvalue weighted by molar-refractivity contribution is 6.31. The molecule has 0 aliphatic carbocycles. The van der Waals surface area contributed by atoms with Crippen LogP contribution in [-0.4, -0.2) is 57.0 Å². The Labute approximate surface area is 239 Å². The van der Waals surface area contributed by atoms with E-state index < -0.39 is 34.0 Å². The monoisotopic (exact) mass is 595 g/mol. The van der Waals surface area contributed by atoms with E-state index in [1.165, 1.54) is 25.1 Å². The first kappa shape index (κ1) is 31.6. The van der Waals surface area contributed by atoms with Crippen LogP contribution in [0.15, 0.2) is 65.0 Å². The summed E-state index contributed by atoms with van der Waals surface area (Å²) in [5.41, 5.74) is -2.29. The van der Waals surface area contributed by atoms with Crippen molar-refractivity contribution in [3.05, 3.63) is 96.8 Å². The van der Waals surface area contributed by atoms with E-state index >= 15 is 0 Å². The van der Waals surface area contributed by atoms with Crippen molar-refractivity contribution in [1.82, 2.24) is 9.80 Å². The minimum Gasteiger partial charge on any atom is -0.478 e. The van der Waals surface area contributed by atoms with Gasteiger partial charge in [-0.15, -0.1) is 0 Å². The van der Waals surface area contributed by atoms with E-state index in [4.69, 9.17) is 11.6 Å². The van der Waals surface area contributed by atoms with Gasteiger partial charge in [-0.25, -0.2) is 9.59 Å². The van der Waals surface area contributed by atoms with Gasteiger partial charge in [0.1, 0.15) is 0 Å². The highest BCUT2D eigenvalue weighted by atomic mass is 35.5. The summed E-state index contributed by atoms with van der Waals surface area (Å²) in [5, 5.41) is 32.0. The Bertz CT molecular complexity index is 1400. The van der Waals surface area contributed by atoms with Crippen LogP contribution in [-0.2, 0) is 27.7 Å². The number of carboxylic acids is 2. The van der Waals surface area contributed by atoms with Crippen LogP contribution in [0.2, 0.25) is 5.02 Å². The number of alkyl halides is 3. The molecule has 1 heterocycles. The SMILES string of the molecule is CC1=C(C(=O)O)C(C)(c2cc([N+](=O)[O-])ccc2Cl)C(C(=O)O)=C(C)N1CCCN(C)Cc1ccc(C(F)(F)F)cc1. The fourth-order valence-corrected chi connectivity index (χ4v) is 5.72. The summed E-state index contributed by atoms with van der Waals surface area (Å²) >= 11 is 6.38. The Morgan fingerprint density at radius 1 is 1.05 bits per heavy atom. The van der Waals surface area contributed by atoms with Crippen molar-refractivity contribution in [2.45, 2.75) is 45.3 Å². The lowest BCUT2D eigenvalue weighted by molar-refractivity contribution is -0.384. The second kappa shape index (κ2) is 11.9. The van der Waals surface area contributed by atoms with Crippen molar-refractivity contribution in [2.75, 3.05) is 20.1 Å². The van der Waals surface area contributed by atoms with Gasteiger partial charge in [0.15, 0.2) is 0 Å². The van der Waals surface area contributed by atoms with Crippen LogP contribution in [0.4, 0.5) is 18.9 Å². The first-order valence-corrected chi connectivity index (χ1v) is 12.8. The Morgan fingerprint density at radius 2 is 1.59 bits per heavy atom. The number of halogens is 4. The molecule has 0 bridgehead atoms. The molecule has 0 atom stereocenters. The van der Waals surface area contributed by atoms with Crippen LogP contribution in [0, 0.1) is 10.1 Å². The molecule has 9 nitrogen and oxygen atoms in total. The van der Waals surface area contributed by atoms with E-state index in [2.05, 4.69) is 0 Å². The summed E-state index contributed by atoms with van der Waals surface area (Å²) in [6.07, 6.45) is -3.96. The summed E-state index contributed by atoms with van der Waals surface area (Å²) in [4.78, 5) is 39.5. The Balaban J connectivity index is 1.91. The van der Waals surface area contributed by atoms with Gasteiger partial charge in [-0.2, -0.15) is 13.2 Å². The van der Waals surface area contributed by atoms with Gasteiger partial charge in [-0.3, -0.25) is 10.1 Å². The molecule has 0 saturated carbocycles. The number of nitrogens with zero attached hydrogens (tertiary/aromatic N) is 3. The molecule has 13 heteroatoms. The predicted molar refractivity (Wildman–Crippen MR) is 145 cm³/mol. The highest BCUT2D eigenvalue weighted by Crippen LogP contribution is 2.49. The molecule has 0 aromatic heterocycles. The maximum absolute atomic E-state index is 12.8. The number of rotatable bonds is 10. The molecule has 0 unspecified atom stereocenters.